The zero-order chi connectivity index (χ0) is 14.8. The van der Waals surface area contributed by atoms with Gasteiger partial charge in [0.05, 0.1) is 12.8 Å². The second kappa shape index (κ2) is 5.32. The molecule has 1 heterocycles. The van der Waals surface area contributed by atoms with Crippen molar-refractivity contribution in [2.24, 2.45) is 0 Å². The summed E-state index contributed by atoms with van der Waals surface area (Å²) >= 11 is 0. The van der Waals surface area contributed by atoms with E-state index in [-0.39, 0.29) is 0 Å². The van der Waals surface area contributed by atoms with Gasteiger partial charge in [-0.25, -0.2) is 4.98 Å². The summed E-state index contributed by atoms with van der Waals surface area (Å²) < 4.78 is 11.1. The van der Waals surface area contributed by atoms with Crippen molar-refractivity contribution in [1.82, 2.24) is 4.98 Å². The van der Waals surface area contributed by atoms with E-state index in [1.54, 1.807) is 13.3 Å². The summed E-state index contributed by atoms with van der Waals surface area (Å²) in [6.07, 6.45) is 1.71. The third-order valence-electron chi connectivity index (χ3n) is 3.31. The first-order valence-electron chi connectivity index (χ1n) is 6.64. The number of benzene rings is 2. The number of methoxy groups -OCH3 is 1. The number of hydrogen-bond acceptors (Lipinski definition) is 4. The summed E-state index contributed by atoms with van der Waals surface area (Å²) in [6.45, 7) is 1.99. The fraction of sp³-hybridized carbons (Fsp3) is 0.118. The van der Waals surface area contributed by atoms with E-state index in [4.69, 9.17) is 15.2 Å². The fourth-order valence-corrected chi connectivity index (χ4v) is 2.20. The SMILES string of the molecule is COc1ccc2c(Oc3ccc(C)cc3N)nccc2c1. The molecule has 3 rings (SSSR count). The van der Waals surface area contributed by atoms with Gasteiger partial charge in [-0.2, -0.15) is 0 Å². The average molecular weight is 280 g/mol. The van der Waals surface area contributed by atoms with Gasteiger partial charge in [0.25, 0.3) is 0 Å². The van der Waals surface area contributed by atoms with Crippen LogP contribution in [-0.4, -0.2) is 12.1 Å². The summed E-state index contributed by atoms with van der Waals surface area (Å²) in [4.78, 5) is 4.30. The molecule has 0 unspecified atom stereocenters. The second-order valence-corrected chi connectivity index (χ2v) is 4.85. The average Bonchev–Trinajstić information content (AvgIpc) is 2.49. The zero-order valence-electron chi connectivity index (χ0n) is 12.0. The molecule has 4 nitrogen and oxygen atoms in total. The molecular weight excluding hydrogens is 264 g/mol. The van der Waals surface area contributed by atoms with Gasteiger partial charge in [-0.15, -0.1) is 0 Å². The van der Waals surface area contributed by atoms with Gasteiger partial charge in [-0.1, -0.05) is 6.07 Å². The Morgan fingerprint density at radius 1 is 1.05 bits per heavy atom. The number of anilines is 1. The van der Waals surface area contributed by atoms with Crippen molar-refractivity contribution in [2.75, 3.05) is 12.8 Å². The normalized spacial score (nSPS) is 10.6. The van der Waals surface area contributed by atoms with Crippen molar-refractivity contribution >= 4 is 16.5 Å². The highest BCUT2D eigenvalue weighted by Crippen LogP contribution is 2.32. The number of nitrogen functional groups attached to an aromatic ring is 1. The van der Waals surface area contributed by atoms with Crippen molar-refractivity contribution in [3.05, 3.63) is 54.2 Å². The number of ether oxygens (including phenoxy) is 2. The van der Waals surface area contributed by atoms with Crippen LogP contribution in [0, 0.1) is 6.92 Å². The first-order chi connectivity index (χ1) is 10.2. The number of nitrogens with two attached hydrogens (primary N) is 1. The van der Waals surface area contributed by atoms with Crippen LogP contribution in [0.25, 0.3) is 10.8 Å². The van der Waals surface area contributed by atoms with E-state index in [9.17, 15) is 0 Å². The Hall–Kier alpha value is -2.75. The minimum atomic E-state index is 0.533. The van der Waals surface area contributed by atoms with E-state index in [0.717, 1.165) is 22.1 Å². The highest BCUT2D eigenvalue weighted by Gasteiger charge is 2.08. The molecule has 0 aliphatic heterocycles. The lowest BCUT2D eigenvalue weighted by Crippen LogP contribution is -1.95. The van der Waals surface area contributed by atoms with Crippen molar-refractivity contribution < 1.29 is 9.47 Å². The molecule has 4 heteroatoms. The molecule has 3 aromatic rings. The third-order valence-corrected chi connectivity index (χ3v) is 3.31. The van der Waals surface area contributed by atoms with Gasteiger partial charge in [0, 0.05) is 11.6 Å². The van der Waals surface area contributed by atoms with Gasteiger partial charge in [0.2, 0.25) is 5.88 Å². The lowest BCUT2D eigenvalue weighted by Gasteiger charge is -2.11. The zero-order valence-corrected chi connectivity index (χ0v) is 12.0. The second-order valence-electron chi connectivity index (χ2n) is 4.85. The number of aryl methyl sites for hydroxylation is 1. The third kappa shape index (κ3) is 2.60. The molecule has 0 amide bonds. The molecule has 0 fully saturated rings. The minimum absolute atomic E-state index is 0.533. The van der Waals surface area contributed by atoms with Crippen LogP contribution in [0.5, 0.6) is 17.4 Å². The van der Waals surface area contributed by atoms with E-state index >= 15 is 0 Å². The van der Waals surface area contributed by atoms with Crippen molar-refractivity contribution in [3.63, 3.8) is 0 Å². The molecule has 0 aliphatic carbocycles. The number of rotatable bonds is 3. The topological polar surface area (TPSA) is 57.4 Å². The van der Waals surface area contributed by atoms with Gasteiger partial charge in [0.15, 0.2) is 5.75 Å². The maximum Gasteiger partial charge on any atom is 0.227 e. The van der Waals surface area contributed by atoms with E-state index in [1.807, 2.05) is 49.4 Å². The van der Waals surface area contributed by atoms with E-state index < -0.39 is 0 Å². The maximum absolute atomic E-state index is 5.99. The lowest BCUT2D eigenvalue weighted by atomic mass is 10.1. The Morgan fingerprint density at radius 2 is 1.90 bits per heavy atom. The van der Waals surface area contributed by atoms with Gasteiger partial charge in [-0.05, 0) is 54.3 Å². The summed E-state index contributed by atoms with van der Waals surface area (Å²) in [5.41, 5.74) is 7.68. The molecule has 0 bridgehead atoms. The molecule has 106 valence electrons. The van der Waals surface area contributed by atoms with Crippen LogP contribution < -0.4 is 15.2 Å². The molecule has 0 spiro atoms. The number of fused-ring (bicyclic) bond motifs is 1. The molecule has 0 saturated heterocycles. The Morgan fingerprint density at radius 3 is 2.67 bits per heavy atom. The molecule has 2 N–H and O–H groups in total. The predicted octanol–water partition coefficient (Wildman–Crippen LogP) is 3.93. The Balaban J connectivity index is 2.04. The molecule has 21 heavy (non-hydrogen) atoms. The standard InChI is InChI=1S/C17H16N2O2/c1-11-3-6-16(15(18)9-11)21-17-14-5-4-13(20-2)10-12(14)7-8-19-17/h3-10H,18H2,1-2H3. The number of aromatic nitrogens is 1. The molecule has 1 aromatic heterocycles. The molecule has 0 atom stereocenters. The van der Waals surface area contributed by atoms with Gasteiger partial charge >= 0.3 is 0 Å². The van der Waals surface area contributed by atoms with Crippen LogP contribution >= 0.6 is 0 Å². The van der Waals surface area contributed by atoms with Crippen molar-refractivity contribution in [3.8, 4) is 17.4 Å². The predicted molar refractivity (Wildman–Crippen MR) is 84.0 cm³/mol. The Labute approximate surface area is 123 Å². The maximum atomic E-state index is 5.99. The minimum Gasteiger partial charge on any atom is -0.497 e. The lowest BCUT2D eigenvalue weighted by molar-refractivity contribution is 0.415. The summed E-state index contributed by atoms with van der Waals surface area (Å²) in [7, 11) is 1.65. The van der Waals surface area contributed by atoms with Gasteiger partial charge < -0.3 is 15.2 Å². The number of pyridine rings is 1. The summed E-state index contributed by atoms with van der Waals surface area (Å²) in [5.74, 6) is 1.94. The highest BCUT2D eigenvalue weighted by molar-refractivity contribution is 5.88. The van der Waals surface area contributed by atoms with Crippen LogP contribution in [0.2, 0.25) is 0 Å². The summed E-state index contributed by atoms with van der Waals surface area (Å²) in [6, 6.07) is 13.4. The quantitative estimate of drug-likeness (QED) is 0.739. The van der Waals surface area contributed by atoms with E-state index in [1.165, 1.54) is 0 Å². The monoisotopic (exact) mass is 280 g/mol. The molecule has 2 aromatic carbocycles. The first-order valence-corrected chi connectivity index (χ1v) is 6.64. The highest BCUT2D eigenvalue weighted by atomic mass is 16.5. The van der Waals surface area contributed by atoms with E-state index in [2.05, 4.69) is 4.98 Å². The van der Waals surface area contributed by atoms with Crippen molar-refractivity contribution in [2.45, 2.75) is 6.92 Å². The molecule has 0 aliphatic rings. The van der Waals surface area contributed by atoms with Crippen LogP contribution in [0.4, 0.5) is 5.69 Å². The van der Waals surface area contributed by atoms with Gasteiger partial charge in [0.1, 0.15) is 5.75 Å². The smallest absolute Gasteiger partial charge is 0.227 e. The van der Waals surface area contributed by atoms with Crippen molar-refractivity contribution in [1.29, 1.82) is 0 Å². The summed E-state index contributed by atoms with van der Waals surface area (Å²) in [5, 5.41) is 1.92. The molecular formula is C17H16N2O2. The first kappa shape index (κ1) is 13.2. The van der Waals surface area contributed by atoms with Crippen LogP contribution in [-0.2, 0) is 0 Å². The number of nitrogens with zero attached hydrogens (tertiary/aromatic N) is 1. The van der Waals surface area contributed by atoms with E-state index in [0.29, 0.717) is 17.3 Å². The number of hydrogen-bond donors (Lipinski definition) is 1. The van der Waals surface area contributed by atoms with Gasteiger partial charge in [-0.3, -0.25) is 0 Å². The van der Waals surface area contributed by atoms with Crippen LogP contribution in [0.3, 0.4) is 0 Å². The Bertz CT molecular complexity index is 800. The molecule has 0 saturated carbocycles. The fourth-order valence-electron chi connectivity index (χ4n) is 2.20. The van der Waals surface area contributed by atoms with Crippen LogP contribution in [0.1, 0.15) is 5.56 Å². The largest absolute Gasteiger partial charge is 0.497 e. The molecule has 0 radical (unpaired) electrons. The van der Waals surface area contributed by atoms with Crippen LogP contribution in [0.15, 0.2) is 48.7 Å². The Kier molecular flexibility index (Phi) is 3.36.